The Balaban J connectivity index is 1.63. The van der Waals surface area contributed by atoms with E-state index >= 15 is 0 Å². The van der Waals surface area contributed by atoms with Crippen molar-refractivity contribution in [2.45, 2.75) is 31.3 Å². The van der Waals surface area contributed by atoms with Gasteiger partial charge in [0, 0.05) is 43.4 Å². The van der Waals surface area contributed by atoms with Gasteiger partial charge in [0.05, 0.1) is 4.90 Å². The predicted molar refractivity (Wildman–Crippen MR) is 123 cm³/mol. The van der Waals surface area contributed by atoms with Crippen LogP contribution in [0.1, 0.15) is 20.8 Å². The van der Waals surface area contributed by atoms with Gasteiger partial charge >= 0.3 is 6.09 Å². The summed E-state index contributed by atoms with van der Waals surface area (Å²) in [5, 5.41) is 0.648. The fourth-order valence-corrected chi connectivity index (χ4v) is 5.18. The standard InChI is InChI=1S/C22H27N5O4S/c1-22(2,3)31-21(28)26-13-11-25(12-14-26)18-9-10-24-20-17(18)15-19(23)27(20)32(29,30)16-7-5-4-6-8-16/h4-10,15H,11-14,23H2,1-3H3. The summed E-state index contributed by atoms with van der Waals surface area (Å²) < 4.78 is 33.0. The topological polar surface area (TPSA) is 111 Å². The third-order valence-electron chi connectivity index (χ3n) is 5.22. The molecule has 0 aliphatic carbocycles. The van der Waals surface area contributed by atoms with E-state index in [0.717, 1.165) is 9.66 Å². The minimum Gasteiger partial charge on any atom is -0.444 e. The lowest BCUT2D eigenvalue weighted by Crippen LogP contribution is -2.50. The number of ether oxygens (including phenoxy) is 1. The second kappa shape index (κ2) is 8.01. The summed E-state index contributed by atoms with van der Waals surface area (Å²) in [5.74, 6) is 0.0937. The van der Waals surface area contributed by atoms with Gasteiger partial charge in [-0.05, 0) is 45.0 Å². The third-order valence-corrected chi connectivity index (χ3v) is 6.95. The molecule has 32 heavy (non-hydrogen) atoms. The summed E-state index contributed by atoms with van der Waals surface area (Å²) in [5.41, 5.74) is 6.71. The SMILES string of the molecule is CC(C)(C)OC(=O)N1CCN(c2ccnc3c2cc(N)n3S(=O)(=O)c2ccccc2)CC1. The van der Waals surface area contributed by atoms with E-state index in [9.17, 15) is 13.2 Å². The van der Waals surface area contributed by atoms with Crippen LogP contribution in [-0.2, 0) is 14.8 Å². The van der Waals surface area contributed by atoms with Gasteiger partial charge in [0.1, 0.15) is 11.4 Å². The van der Waals surface area contributed by atoms with Crippen LogP contribution in [0.2, 0.25) is 0 Å². The van der Waals surface area contributed by atoms with Crippen molar-refractivity contribution in [3.63, 3.8) is 0 Å². The number of carbonyl (C=O) groups excluding carboxylic acids is 1. The normalized spacial score (nSPS) is 15.2. The summed E-state index contributed by atoms with van der Waals surface area (Å²) in [6.45, 7) is 7.67. The molecule has 3 aromatic rings. The van der Waals surface area contributed by atoms with E-state index in [0.29, 0.717) is 31.6 Å². The Bertz CT molecular complexity index is 1240. The molecule has 1 saturated heterocycles. The van der Waals surface area contributed by atoms with Gasteiger partial charge < -0.3 is 20.3 Å². The number of hydrogen-bond acceptors (Lipinski definition) is 7. The number of rotatable bonds is 3. The van der Waals surface area contributed by atoms with Crippen molar-refractivity contribution in [2.24, 2.45) is 0 Å². The first-order valence-corrected chi connectivity index (χ1v) is 11.8. The van der Waals surface area contributed by atoms with E-state index in [1.165, 1.54) is 12.1 Å². The number of benzene rings is 1. The molecule has 1 aliphatic rings. The van der Waals surface area contributed by atoms with Gasteiger partial charge in [-0.1, -0.05) is 18.2 Å². The van der Waals surface area contributed by atoms with Crippen LogP contribution in [0.3, 0.4) is 0 Å². The first-order chi connectivity index (χ1) is 15.1. The summed E-state index contributed by atoms with van der Waals surface area (Å²) in [4.78, 5) is 20.6. The van der Waals surface area contributed by atoms with Crippen molar-refractivity contribution < 1.29 is 17.9 Å². The first kappa shape index (κ1) is 21.9. The number of anilines is 2. The molecule has 1 fully saturated rings. The molecular weight excluding hydrogens is 430 g/mol. The minimum absolute atomic E-state index is 0.0937. The number of aromatic nitrogens is 2. The van der Waals surface area contributed by atoms with E-state index in [1.807, 2.05) is 26.8 Å². The molecule has 4 rings (SSSR count). The van der Waals surface area contributed by atoms with Gasteiger partial charge in [-0.3, -0.25) is 0 Å². The third kappa shape index (κ3) is 4.10. The molecular formula is C22H27N5O4S. The quantitative estimate of drug-likeness (QED) is 0.644. The molecule has 2 aromatic heterocycles. The van der Waals surface area contributed by atoms with Crippen molar-refractivity contribution in [3.8, 4) is 0 Å². The van der Waals surface area contributed by atoms with Gasteiger partial charge in [-0.2, -0.15) is 0 Å². The highest BCUT2D eigenvalue weighted by atomic mass is 32.2. The van der Waals surface area contributed by atoms with Crippen LogP contribution >= 0.6 is 0 Å². The number of amides is 1. The average molecular weight is 458 g/mol. The predicted octanol–water partition coefficient (Wildman–Crippen LogP) is 2.91. The Hall–Kier alpha value is -3.27. The van der Waals surface area contributed by atoms with Crippen molar-refractivity contribution in [2.75, 3.05) is 36.8 Å². The second-order valence-corrected chi connectivity index (χ2v) is 10.5. The van der Waals surface area contributed by atoms with E-state index in [1.54, 1.807) is 35.4 Å². The largest absolute Gasteiger partial charge is 0.444 e. The zero-order chi connectivity index (χ0) is 23.1. The number of hydrogen-bond donors (Lipinski definition) is 1. The lowest BCUT2D eigenvalue weighted by atomic mass is 10.2. The van der Waals surface area contributed by atoms with Crippen LogP contribution in [0.15, 0.2) is 53.6 Å². The van der Waals surface area contributed by atoms with Gasteiger partial charge in [-0.15, -0.1) is 0 Å². The monoisotopic (exact) mass is 457 g/mol. The Labute approximate surface area is 187 Å². The Morgan fingerprint density at radius 1 is 1.06 bits per heavy atom. The molecule has 0 radical (unpaired) electrons. The molecule has 170 valence electrons. The highest BCUT2D eigenvalue weighted by Crippen LogP contribution is 2.33. The zero-order valence-electron chi connectivity index (χ0n) is 18.4. The fraction of sp³-hybridized carbons (Fsp3) is 0.364. The van der Waals surface area contributed by atoms with Crippen molar-refractivity contribution in [1.82, 2.24) is 13.9 Å². The number of fused-ring (bicyclic) bond motifs is 1. The number of nitrogens with zero attached hydrogens (tertiary/aromatic N) is 4. The highest BCUT2D eigenvalue weighted by molar-refractivity contribution is 7.90. The van der Waals surface area contributed by atoms with Gasteiger partial charge in [-0.25, -0.2) is 22.2 Å². The molecule has 0 unspecified atom stereocenters. The molecule has 2 N–H and O–H groups in total. The average Bonchev–Trinajstić information content (AvgIpc) is 3.10. The molecule has 9 nitrogen and oxygen atoms in total. The van der Waals surface area contributed by atoms with E-state index in [2.05, 4.69) is 9.88 Å². The Morgan fingerprint density at radius 3 is 2.34 bits per heavy atom. The van der Waals surface area contributed by atoms with Gasteiger partial charge in [0.15, 0.2) is 5.65 Å². The maximum Gasteiger partial charge on any atom is 0.410 e. The van der Waals surface area contributed by atoms with E-state index in [-0.39, 0.29) is 22.5 Å². The van der Waals surface area contributed by atoms with Crippen LogP contribution in [0.25, 0.3) is 11.0 Å². The van der Waals surface area contributed by atoms with Crippen LogP contribution in [0.5, 0.6) is 0 Å². The van der Waals surface area contributed by atoms with Crippen LogP contribution < -0.4 is 10.6 Å². The fourth-order valence-electron chi connectivity index (χ4n) is 3.76. The molecule has 1 aliphatic heterocycles. The van der Waals surface area contributed by atoms with Crippen molar-refractivity contribution in [1.29, 1.82) is 0 Å². The number of carbonyl (C=O) groups is 1. The molecule has 0 saturated carbocycles. The Morgan fingerprint density at radius 2 is 1.72 bits per heavy atom. The first-order valence-electron chi connectivity index (χ1n) is 10.4. The van der Waals surface area contributed by atoms with Crippen LogP contribution in [0.4, 0.5) is 16.3 Å². The maximum atomic E-state index is 13.2. The van der Waals surface area contributed by atoms with Gasteiger partial charge in [0.2, 0.25) is 0 Å². The van der Waals surface area contributed by atoms with Crippen LogP contribution in [0, 0.1) is 0 Å². The highest BCUT2D eigenvalue weighted by Gasteiger charge is 2.28. The van der Waals surface area contributed by atoms with Crippen LogP contribution in [-0.4, -0.2) is 60.1 Å². The molecule has 10 heteroatoms. The molecule has 1 aromatic carbocycles. The number of nitrogens with two attached hydrogens (primary N) is 1. The van der Waals surface area contributed by atoms with Gasteiger partial charge in [0.25, 0.3) is 10.0 Å². The second-order valence-electron chi connectivity index (χ2n) is 8.67. The lowest BCUT2D eigenvalue weighted by Gasteiger charge is -2.37. The number of pyridine rings is 1. The molecule has 0 spiro atoms. The molecule has 0 bridgehead atoms. The van der Waals surface area contributed by atoms with Crippen molar-refractivity contribution in [3.05, 3.63) is 48.7 Å². The molecule has 1 amide bonds. The van der Waals surface area contributed by atoms with E-state index in [4.69, 9.17) is 10.5 Å². The number of nitrogen functional groups attached to an aromatic ring is 1. The summed E-state index contributed by atoms with van der Waals surface area (Å²) in [6, 6.07) is 11.6. The maximum absolute atomic E-state index is 13.2. The minimum atomic E-state index is -3.90. The molecule has 3 heterocycles. The summed E-state index contributed by atoms with van der Waals surface area (Å²) >= 11 is 0. The lowest BCUT2D eigenvalue weighted by molar-refractivity contribution is 0.0240. The van der Waals surface area contributed by atoms with E-state index < -0.39 is 15.6 Å². The Kier molecular flexibility index (Phi) is 5.49. The zero-order valence-corrected chi connectivity index (χ0v) is 19.2. The van der Waals surface area contributed by atoms with Crippen molar-refractivity contribution >= 4 is 38.7 Å². The number of piperazine rings is 1. The summed E-state index contributed by atoms with van der Waals surface area (Å²) in [7, 11) is -3.90. The smallest absolute Gasteiger partial charge is 0.410 e. The summed E-state index contributed by atoms with van der Waals surface area (Å²) in [6.07, 6.45) is 1.25. The molecule has 0 atom stereocenters.